The van der Waals surface area contributed by atoms with Crippen molar-refractivity contribution in [2.75, 3.05) is 0 Å². The lowest BCUT2D eigenvalue weighted by Gasteiger charge is -2.04. The zero-order valence-electron chi connectivity index (χ0n) is 8.64. The van der Waals surface area contributed by atoms with Crippen LogP contribution in [0.1, 0.15) is 5.56 Å². The molecule has 1 aromatic carbocycles. The lowest BCUT2D eigenvalue weighted by atomic mass is 10.1. The summed E-state index contributed by atoms with van der Waals surface area (Å²) in [5.74, 6) is 0. The number of H-pyrrole nitrogens is 2. The molecule has 0 fully saturated rings. The number of hydrogen-bond donors (Lipinski definition) is 3. The fraction of sp³-hybridized carbons (Fsp3) is 0.111. The highest BCUT2D eigenvalue weighted by Crippen LogP contribution is 2.20. The zero-order valence-corrected chi connectivity index (χ0v) is 9.46. The molecule has 0 spiro atoms. The van der Waals surface area contributed by atoms with E-state index in [-0.39, 0.29) is 10.9 Å². The number of nitrogens with one attached hydrogen (secondary N) is 2. The fourth-order valence-corrected chi connectivity index (χ4v) is 2.29. The fourth-order valence-electron chi connectivity index (χ4n) is 1.60. The Bertz CT molecular complexity index is 815. The average Bonchev–Trinajstić information content (AvgIpc) is 2.17. The maximum Gasteiger partial charge on any atom is 0.326 e. The number of fused-ring (bicyclic) bond motifs is 1. The first kappa shape index (κ1) is 11.6. The van der Waals surface area contributed by atoms with Crippen molar-refractivity contribution >= 4 is 21.0 Å². The van der Waals surface area contributed by atoms with Crippen LogP contribution in [0.5, 0.6) is 0 Å². The summed E-state index contributed by atoms with van der Waals surface area (Å²) in [6.45, 7) is 1.60. The first-order valence-electron chi connectivity index (χ1n) is 4.54. The Balaban J connectivity index is 3.17. The lowest BCUT2D eigenvalue weighted by molar-refractivity contribution is 0.484. The molecule has 0 radical (unpaired) electrons. The van der Waals surface area contributed by atoms with Gasteiger partial charge in [0.25, 0.3) is 15.7 Å². The Hall–Kier alpha value is -1.93. The standard InChI is InChI=1S/C9H8N2O5S/c1-4-2-3-5(17(14,15)16)6-7(4)10-9(13)11-8(6)12/h2-3H,1H3,(H,14,15,16)(H2,10,11,12,13). The van der Waals surface area contributed by atoms with Crippen molar-refractivity contribution in [1.29, 1.82) is 0 Å². The van der Waals surface area contributed by atoms with Gasteiger partial charge in [-0.15, -0.1) is 0 Å². The van der Waals surface area contributed by atoms with Crippen LogP contribution >= 0.6 is 0 Å². The van der Waals surface area contributed by atoms with Crippen LogP contribution in [0.2, 0.25) is 0 Å². The Kier molecular flexibility index (Phi) is 2.40. The molecule has 0 unspecified atom stereocenters. The Morgan fingerprint density at radius 3 is 2.41 bits per heavy atom. The molecule has 2 aromatic rings. The summed E-state index contributed by atoms with van der Waals surface area (Å²) in [6.07, 6.45) is 0. The highest BCUT2D eigenvalue weighted by Gasteiger charge is 2.18. The van der Waals surface area contributed by atoms with Crippen molar-refractivity contribution in [3.63, 3.8) is 0 Å². The van der Waals surface area contributed by atoms with E-state index in [1.807, 2.05) is 4.98 Å². The third-order valence-corrected chi connectivity index (χ3v) is 3.24. The third kappa shape index (κ3) is 1.87. The molecule has 1 heterocycles. The van der Waals surface area contributed by atoms with Gasteiger partial charge < -0.3 is 4.98 Å². The quantitative estimate of drug-likeness (QED) is 0.609. The molecule has 7 nitrogen and oxygen atoms in total. The highest BCUT2D eigenvalue weighted by molar-refractivity contribution is 7.86. The number of rotatable bonds is 1. The minimum absolute atomic E-state index is 0.0916. The predicted molar refractivity (Wildman–Crippen MR) is 59.7 cm³/mol. The normalized spacial score (nSPS) is 11.9. The van der Waals surface area contributed by atoms with Gasteiger partial charge in [-0.3, -0.25) is 14.3 Å². The maximum atomic E-state index is 11.6. The summed E-state index contributed by atoms with van der Waals surface area (Å²) in [7, 11) is -4.52. The van der Waals surface area contributed by atoms with Gasteiger partial charge in [-0.05, 0) is 18.6 Å². The number of aromatic amines is 2. The van der Waals surface area contributed by atoms with Gasteiger partial charge in [-0.2, -0.15) is 8.42 Å². The Morgan fingerprint density at radius 2 is 1.82 bits per heavy atom. The second kappa shape index (κ2) is 3.54. The summed E-state index contributed by atoms with van der Waals surface area (Å²) in [5, 5.41) is -0.257. The van der Waals surface area contributed by atoms with Gasteiger partial charge in [0.1, 0.15) is 4.90 Å². The van der Waals surface area contributed by atoms with Crippen LogP contribution in [0.15, 0.2) is 26.6 Å². The molecule has 3 N–H and O–H groups in total. The van der Waals surface area contributed by atoms with Crippen molar-refractivity contribution in [2.24, 2.45) is 0 Å². The summed E-state index contributed by atoms with van der Waals surface area (Å²) >= 11 is 0. The number of benzene rings is 1. The highest BCUT2D eigenvalue weighted by atomic mass is 32.2. The van der Waals surface area contributed by atoms with Gasteiger partial charge in [-0.1, -0.05) is 6.07 Å². The molecule has 0 bridgehead atoms. The van der Waals surface area contributed by atoms with E-state index in [0.29, 0.717) is 5.56 Å². The molecule has 0 aliphatic heterocycles. The minimum atomic E-state index is -4.52. The lowest BCUT2D eigenvalue weighted by Crippen LogP contribution is -2.23. The molecule has 0 amide bonds. The predicted octanol–water partition coefficient (Wildman–Crippen LogP) is -0.228. The van der Waals surface area contributed by atoms with Crippen molar-refractivity contribution in [1.82, 2.24) is 9.97 Å². The third-order valence-electron chi connectivity index (χ3n) is 2.35. The number of aryl methyl sites for hydroxylation is 1. The first-order chi connectivity index (χ1) is 7.80. The van der Waals surface area contributed by atoms with E-state index in [1.165, 1.54) is 6.07 Å². The second-order valence-electron chi connectivity index (χ2n) is 3.51. The van der Waals surface area contributed by atoms with E-state index in [2.05, 4.69) is 4.98 Å². The van der Waals surface area contributed by atoms with Crippen molar-refractivity contribution in [3.8, 4) is 0 Å². The smallest absolute Gasteiger partial charge is 0.307 e. The topological polar surface area (TPSA) is 120 Å². The molecule has 90 valence electrons. The van der Waals surface area contributed by atoms with Crippen LogP contribution < -0.4 is 11.2 Å². The van der Waals surface area contributed by atoms with Crippen LogP contribution in [0.3, 0.4) is 0 Å². The molecular formula is C9H8N2O5S. The van der Waals surface area contributed by atoms with E-state index in [9.17, 15) is 18.0 Å². The molecule has 0 aliphatic carbocycles. The molecule has 0 aliphatic rings. The number of aromatic nitrogens is 2. The van der Waals surface area contributed by atoms with Crippen molar-refractivity contribution in [3.05, 3.63) is 38.5 Å². The molecule has 0 saturated carbocycles. The molecule has 8 heteroatoms. The zero-order chi connectivity index (χ0) is 12.8. The van der Waals surface area contributed by atoms with Gasteiger partial charge in [0, 0.05) is 0 Å². The van der Waals surface area contributed by atoms with Crippen LogP contribution in [-0.4, -0.2) is 22.9 Å². The molecular weight excluding hydrogens is 248 g/mol. The summed E-state index contributed by atoms with van der Waals surface area (Å²) in [6, 6.07) is 2.50. The molecule has 0 atom stereocenters. The van der Waals surface area contributed by atoms with Crippen LogP contribution in [0.25, 0.3) is 10.9 Å². The van der Waals surface area contributed by atoms with E-state index < -0.39 is 26.3 Å². The van der Waals surface area contributed by atoms with Crippen LogP contribution in [0, 0.1) is 6.92 Å². The SMILES string of the molecule is Cc1ccc(S(=O)(=O)O)c2c(=O)[nH]c(=O)[nH]c12. The second-order valence-corrected chi connectivity index (χ2v) is 4.90. The van der Waals surface area contributed by atoms with E-state index in [4.69, 9.17) is 4.55 Å². The van der Waals surface area contributed by atoms with Gasteiger partial charge in [0.05, 0.1) is 10.9 Å². The molecule has 0 saturated heterocycles. The van der Waals surface area contributed by atoms with E-state index in [1.54, 1.807) is 6.92 Å². The molecule has 2 rings (SSSR count). The van der Waals surface area contributed by atoms with Crippen molar-refractivity contribution in [2.45, 2.75) is 11.8 Å². The molecule has 17 heavy (non-hydrogen) atoms. The molecule has 1 aromatic heterocycles. The Morgan fingerprint density at radius 1 is 1.18 bits per heavy atom. The summed E-state index contributed by atoms with van der Waals surface area (Å²) < 4.78 is 31.2. The Labute approximate surface area is 94.9 Å². The number of hydrogen-bond acceptors (Lipinski definition) is 4. The van der Waals surface area contributed by atoms with Gasteiger partial charge in [-0.25, -0.2) is 4.79 Å². The average molecular weight is 256 g/mol. The maximum absolute atomic E-state index is 11.6. The van der Waals surface area contributed by atoms with Gasteiger partial charge in [0.15, 0.2) is 0 Å². The summed E-state index contributed by atoms with van der Waals surface area (Å²) in [5.41, 5.74) is -0.984. The van der Waals surface area contributed by atoms with Crippen LogP contribution in [-0.2, 0) is 10.1 Å². The first-order valence-corrected chi connectivity index (χ1v) is 5.98. The monoisotopic (exact) mass is 256 g/mol. The van der Waals surface area contributed by atoms with Crippen LogP contribution in [0.4, 0.5) is 0 Å². The largest absolute Gasteiger partial charge is 0.326 e. The van der Waals surface area contributed by atoms with Gasteiger partial charge in [0.2, 0.25) is 0 Å². The van der Waals surface area contributed by atoms with E-state index >= 15 is 0 Å². The van der Waals surface area contributed by atoms with Gasteiger partial charge >= 0.3 is 5.69 Å². The van der Waals surface area contributed by atoms with Crippen molar-refractivity contribution < 1.29 is 13.0 Å². The minimum Gasteiger partial charge on any atom is -0.307 e. The summed E-state index contributed by atoms with van der Waals surface area (Å²) in [4.78, 5) is 26.4. The van der Waals surface area contributed by atoms with E-state index in [0.717, 1.165) is 6.07 Å².